The highest BCUT2D eigenvalue weighted by Gasteiger charge is 2.28. The molecule has 3 rings (SSSR count). The number of ether oxygens (including phenoxy) is 1. The van der Waals surface area contributed by atoms with Gasteiger partial charge in [-0.2, -0.15) is 0 Å². The van der Waals surface area contributed by atoms with Crippen LogP contribution in [0.15, 0.2) is 48.5 Å². The molecule has 0 unspecified atom stereocenters. The SMILES string of the molecule is CC(C)CCOc1ccc(C(=O)NNC(=O)C2CCN(c3ccccc3[N+](=O)[O-])CC2)cc1. The zero-order valence-electron chi connectivity index (χ0n) is 19.0. The summed E-state index contributed by atoms with van der Waals surface area (Å²) in [6.45, 7) is 5.92. The molecule has 33 heavy (non-hydrogen) atoms. The number of piperidine rings is 1. The van der Waals surface area contributed by atoms with E-state index in [0.29, 0.717) is 55.5 Å². The number of nitro groups is 1. The highest BCUT2D eigenvalue weighted by Crippen LogP contribution is 2.31. The van der Waals surface area contributed by atoms with Crippen LogP contribution in [0.4, 0.5) is 11.4 Å². The van der Waals surface area contributed by atoms with Crippen molar-refractivity contribution in [1.29, 1.82) is 0 Å². The fraction of sp³-hybridized carbons (Fsp3) is 0.417. The number of amides is 2. The molecule has 176 valence electrons. The predicted molar refractivity (Wildman–Crippen MR) is 125 cm³/mol. The van der Waals surface area contributed by atoms with Crippen LogP contribution < -0.4 is 20.5 Å². The summed E-state index contributed by atoms with van der Waals surface area (Å²) in [6, 6.07) is 13.4. The Morgan fingerprint density at radius 3 is 2.39 bits per heavy atom. The highest BCUT2D eigenvalue weighted by atomic mass is 16.6. The number of nitrogens with zero attached hydrogens (tertiary/aromatic N) is 2. The summed E-state index contributed by atoms with van der Waals surface area (Å²) in [5, 5.41) is 11.3. The van der Waals surface area contributed by atoms with E-state index < -0.39 is 10.8 Å². The quantitative estimate of drug-likeness (QED) is 0.464. The molecule has 0 aromatic heterocycles. The van der Waals surface area contributed by atoms with E-state index in [0.717, 1.165) is 6.42 Å². The largest absolute Gasteiger partial charge is 0.494 e. The average molecular weight is 455 g/mol. The van der Waals surface area contributed by atoms with Gasteiger partial charge in [-0.1, -0.05) is 26.0 Å². The van der Waals surface area contributed by atoms with Crippen molar-refractivity contribution >= 4 is 23.2 Å². The van der Waals surface area contributed by atoms with Gasteiger partial charge in [-0.05, 0) is 55.5 Å². The molecule has 9 heteroatoms. The standard InChI is InChI=1S/C24H30N4O5/c1-17(2)13-16-33-20-9-7-18(8-10-20)23(29)25-26-24(30)19-11-14-27(15-12-19)21-5-3-4-6-22(21)28(31)32/h3-10,17,19H,11-16H2,1-2H3,(H,25,29)(H,26,30). The van der Waals surface area contributed by atoms with E-state index in [1.807, 2.05) is 4.90 Å². The van der Waals surface area contributed by atoms with Gasteiger partial charge in [0.05, 0.1) is 11.5 Å². The number of para-hydroxylation sites is 2. The van der Waals surface area contributed by atoms with Crippen LogP contribution in [0.2, 0.25) is 0 Å². The summed E-state index contributed by atoms with van der Waals surface area (Å²) in [7, 11) is 0. The molecule has 1 heterocycles. The molecule has 1 aliphatic heterocycles. The normalized spacial score (nSPS) is 14.1. The zero-order chi connectivity index (χ0) is 23.8. The Bertz CT molecular complexity index is 969. The van der Waals surface area contributed by atoms with E-state index in [9.17, 15) is 19.7 Å². The minimum Gasteiger partial charge on any atom is -0.494 e. The van der Waals surface area contributed by atoms with Gasteiger partial charge >= 0.3 is 0 Å². The Labute approximate surface area is 193 Å². The topological polar surface area (TPSA) is 114 Å². The third kappa shape index (κ3) is 6.68. The van der Waals surface area contributed by atoms with Gasteiger partial charge in [0.1, 0.15) is 11.4 Å². The van der Waals surface area contributed by atoms with Gasteiger partial charge < -0.3 is 9.64 Å². The number of hydrogen-bond acceptors (Lipinski definition) is 6. The molecule has 1 saturated heterocycles. The Hall–Kier alpha value is -3.62. The smallest absolute Gasteiger partial charge is 0.292 e. The first-order valence-corrected chi connectivity index (χ1v) is 11.2. The molecule has 1 fully saturated rings. The second-order valence-electron chi connectivity index (χ2n) is 8.51. The van der Waals surface area contributed by atoms with Gasteiger partial charge in [-0.3, -0.25) is 30.6 Å². The van der Waals surface area contributed by atoms with Crippen LogP contribution in [0.25, 0.3) is 0 Å². The minimum absolute atomic E-state index is 0.0593. The van der Waals surface area contributed by atoms with E-state index in [4.69, 9.17) is 4.74 Å². The molecule has 2 amide bonds. The van der Waals surface area contributed by atoms with Crippen molar-refractivity contribution in [3.8, 4) is 5.75 Å². The third-order valence-electron chi connectivity index (χ3n) is 5.66. The maximum Gasteiger partial charge on any atom is 0.292 e. The summed E-state index contributed by atoms with van der Waals surface area (Å²) < 4.78 is 5.65. The van der Waals surface area contributed by atoms with E-state index in [-0.39, 0.29) is 17.5 Å². The molecule has 0 radical (unpaired) electrons. The number of benzene rings is 2. The first kappa shape index (κ1) is 24.0. The summed E-state index contributed by atoms with van der Waals surface area (Å²) >= 11 is 0. The molecular weight excluding hydrogens is 424 g/mol. The van der Waals surface area contributed by atoms with Crippen molar-refractivity contribution in [3.05, 3.63) is 64.2 Å². The van der Waals surface area contributed by atoms with Crippen LogP contribution >= 0.6 is 0 Å². The predicted octanol–water partition coefficient (Wildman–Crippen LogP) is 3.70. The molecule has 0 spiro atoms. The van der Waals surface area contributed by atoms with Crippen LogP contribution in [0.5, 0.6) is 5.75 Å². The Kier molecular flexibility index (Phi) is 8.23. The van der Waals surface area contributed by atoms with Gasteiger partial charge in [0.25, 0.3) is 11.6 Å². The number of hydrogen-bond donors (Lipinski definition) is 2. The van der Waals surface area contributed by atoms with Crippen LogP contribution in [0.3, 0.4) is 0 Å². The van der Waals surface area contributed by atoms with E-state index >= 15 is 0 Å². The zero-order valence-corrected chi connectivity index (χ0v) is 19.0. The molecule has 0 bridgehead atoms. The summed E-state index contributed by atoms with van der Waals surface area (Å²) in [5.41, 5.74) is 5.99. The molecule has 2 N–H and O–H groups in total. The monoisotopic (exact) mass is 454 g/mol. The van der Waals surface area contributed by atoms with Crippen molar-refractivity contribution < 1.29 is 19.2 Å². The van der Waals surface area contributed by atoms with Gasteiger partial charge in [-0.25, -0.2) is 0 Å². The van der Waals surface area contributed by atoms with Crippen LogP contribution in [0, 0.1) is 22.0 Å². The Morgan fingerprint density at radius 2 is 1.76 bits per heavy atom. The molecule has 2 aromatic carbocycles. The van der Waals surface area contributed by atoms with Gasteiger partial charge in [0.2, 0.25) is 5.91 Å². The molecular formula is C24H30N4O5. The lowest BCUT2D eigenvalue weighted by Gasteiger charge is -2.32. The van der Waals surface area contributed by atoms with E-state index in [1.165, 1.54) is 6.07 Å². The van der Waals surface area contributed by atoms with E-state index in [2.05, 4.69) is 24.7 Å². The number of rotatable bonds is 8. The van der Waals surface area contributed by atoms with Crippen molar-refractivity contribution in [1.82, 2.24) is 10.9 Å². The summed E-state index contributed by atoms with van der Waals surface area (Å²) in [4.78, 5) is 37.6. The Morgan fingerprint density at radius 1 is 1.09 bits per heavy atom. The summed E-state index contributed by atoms with van der Waals surface area (Å²) in [5.74, 6) is 0.305. The number of carbonyl (C=O) groups excluding carboxylic acids is 2. The van der Waals surface area contributed by atoms with Crippen LogP contribution in [-0.2, 0) is 4.79 Å². The van der Waals surface area contributed by atoms with Crippen molar-refractivity contribution in [2.24, 2.45) is 11.8 Å². The van der Waals surface area contributed by atoms with Gasteiger partial charge in [-0.15, -0.1) is 0 Å². The highest BCUT2D eigenvalue weighted by molar-refractivity contribution is 5.95. The first-order valence-electron chi connectivity index (χ1n) is 11.2. The van der Waals surface area contributed by atoms with Gasteiger partial charge in [0.15, 0.2) is 0 Å². The van der Waals surface area contributed by atoms with Crippen LogP contribution in [0.1, 0.15) is 43.5 Å². The minimum atomic E-state index is -0.408. The second kappa shape index (κ2) is 11.3. The molecule has 2 aromatic rings. The number of anilines is 1. The number of hydrazine groups is 1. The fourth-order valence-electron chi connectivity index (χ4n) is 3.68. The molecule has 0 saturated carbocycles. The van der Waals surface area contributed by atoms with Crippen molar-refractivity contribution in [3.63, 3.8) is 0 Å². The summed E-state index contributed by atoms with van der Waals surface area (Å²) in [6.07, 6.45) is 2.03. The second-order valence-corrected chi connectivity index (χ2v) is 8.51. The van der Waals surface area contributed by atoms with Gasteiger partial charge in [0, 0.05) is 30.6 Å². The lowest BCUT2D eigenvalue weighted by atomic mass is 9.95. The average Bonchev–Trinajstić information content (AvgIpc) is 2.82. The fourth-order valence-corrected chi connectivity index (χ4v) is 3.68. The first-order chi connectivity index (χ1) is 15.8. The Balaban J connectivity index is 1.45. The molecule has 0 aliphatic carbocycles. The maximum absolute atomic E-state index is 12.5. The maximum atomic E-state index is 12.5. The molecule has 0 atom stereocenters. The lowest BCUT2D eigenvalue weighted by molar-refractivity contribution is -0.384. The van der Waals surface area contributed by atoms with Crippen molar-refractivity contribution in [2.75, 3.05) is 24.6 Å². The molecule has 9 nitrogen and oxygen atoms in total. The van der Waals surface area contributed by atoms with E-state index in [1.54, 1.807) is 42.5 Å². The third-order valence-corrected chi connectivity index (χ3v) is 5.66. The number of nitrogens with one attached hydrogen (secondary N) is 2. The number of carbonyl (C=O) groups is 2. The number of nitro benzene ring substituents is 1. The van der Waals surface area contributed by atoms with Crippen LogP contribution in [-0.4, -0.2) is 36.4 Å². The molecule has 1 aliphatic rings. The lowest BCUT2D eigenvalue weighted by Crippen LogP contribution is -2.47. The van der Waals surface area contributed by atoms with Crippen molar-refractivity contribution in [2.45, 2.75) is 33.1 Å².